The van der Waals surface area contributed by atoms with Crippen LogP contribution >= 0.6 is 0 Å². The van der Waals surface area contributed by atoms with Crippen LogP contribution in [0, 0.1) is 0 Å². The van der Waals surface area contributed by atoms with Crippen LogP contribution in [-0.2, 0) is 0 Å². The van der Waals surface area contributed by atoms with Gasteiger partial charge in [-0.15, -0.1) is 0 Å². The molecule has 2 rings (SSSR count). The maximum atomic E-state index is 11.1. The molecule has 0 radical (unpaired) electrons. The quantitative estimate of drug-likeness (QED) is 0.663. The third kappa shape index (κ3) is 1.94. The third-order valence-corrected chi connectivity index (χ3v) is 2.78. The van der Waals surface area contributed by atoms with Crippen LogP contribution in [-0.4, -0.2) is 40.8 Å². The summed E-state index contributed by atoms with van der Waals surface area (Å²) in [5, 5.41) is 21.9. The molecule has 1 aromatic carbocycles. The molecule has 1 saturated heterocycles. The number of carboxylic acid groups (broad SMARTS) is 1. The number of rotatable bonds is 1. The fraction of sp³-hybridized carbons (Fsp3) is 0.364. The smallest absolute Gasteiger partial charge is 0.407 e. The molecule has 3 N–H and O–H groups in total. The highest BCUT2D eigenvalue weighted by atomic mass is 16.4. The Morgan fingerprint density at radius 3 is 2.88 bits per heavy atom. The van der Waals surface area contributed by atoms with Crippen LogP contribution in [0.3, 0.4) is 0 Å². The van der Waals surface area contributed by atoms with Crippen LogP contribution in [0.1, 0.15) is 11.6 Å². The van der Waals surface area contributed by atoms with E-state index in [2.05, 4.69) is 5.32 Å². The highest BCUT2D eigenvalue weighted by Gasteiger charge is 2.28. The predicted molar refractivity (Wildman–Crippen MR) is 58.4 cm³/mol. The lowest BCUT2D eigenvalue weighted by atomic mass is 10.0. The van der Waals surface area contributed by atoms with E-state index in [1.165, 1.54) is 4.90 Å². The van der Waals surface area contributed by atoms with Gasteiger partial charge in [-0.3, -0.25) is 4.90 Å². The Morgan fingerprint density at radius 1 is 1.44 bits per heavy atom. The largest absolute Gasteiger partial charge is 0.508 e. The highest BCUT2D eigenvalue weighted by molar-refractivity contribution is 5.66. The molecular formula is C11H14N2O3. The van der Waals surface area contributed by atoms with Crippen LogP contribution in [0.5, 0.6) is 5.75 Å². The van der Waals surface area contributed by atoms with Crippen LogP contribution < -0.4 is 5.32 Å². The average Bonchev–Trinajstić information content (AvgIpc) is 2.29. The first-order chi connectivity index (χ1) is 7.70. The molecular weight excluding hydrogens is 208 g/mol. The lowest BCUT2D eigenvalue weighted by Gasteiger charge is -2.34. The van der Waals surface area contributed by atoms with Gasteiger partial charge < -0.3 is 15.5 Å². The minimum Gasteiger partial charge on any atom is -0.508 e. The normalized spacial score (nSPS) is 20.8. The maximum absolute atomic E-state index is 11.1. The molecule has 1 atom stereocenters. The second kappa shape index (κ2) is 4.40. The van der Waals surface area contributed by atoms with Crippen molar-refractivity contribution in [2.75, 3.05) is 19.6 Å². The molecule has 0 spiro atoms. The Hall–Kier alpha value is -1.75. The summed E-state index contributed by atoms with van der Waals surface area (Å²) in [7, 11) is 0. The molecule has 0 aliphatic carbocycles. The van der Waals surface area contributed by atoms with E-state index in [1.807, 2.05) is 0 Å². The first kappa shape index (κ1) is 10.8. The number of nitrogens with one attached hydrogen (secondary N) is 1. The molecule has 5 heteroatoms. The summed E-state index contributed by atoms with van der Waals surface area (Å²) in [6.07, 6.45) is -0.949. The monoisotopic (exact) mass is 222 g/mol. The zero-order valence-corrected chi connectivity index (χ0v) is 8.76. The molecule has 1 fully saturated rings. The molecule has 16 heavy (non-hydrogen) atoms. The van der Waals surface area contributed by atoms with Gasteiger partial charge in [0.25, 0.3) is 0 Å². The highest BCUT2D eigenvalue weighted by Crippen LogP contribution is 2.29. The van der Waals surface area contributed by atoms with Gasteiger partial charge in [0.2, 0.25) is 0 Å². The first-order valence-corrected chi connectivity index (χ1v) is 5.18. The van der Waals surface area contributed by atoms with Gasteiger partial charge in [0.1, 0.15) is 5.75 Å². The van der Waals surface area contributed by atoms with Crippen molar-refractivity contribution in [2.45, 2.75) is 6.04 Å². The number of amides is 1. The van der Waals surface area contributed by atoms with E-state index in [-0.39, 0.29) is 11.8 Å². The Kier molecular flexibility index (Phi) is 2.96. The summed E-state index contributed by atoms with van der Waals surface area (Å²) < 4.78 is 0. The topological polar surface area (TPSA) is 72.8 Å². The number of phenols is 1. The number of hydrogen-bond acceptors (Lipinski definition) is 3. The van der Waals surface area contributed by atoms with Crippen LogP contribution in [0.15, 0.2) is 24.3 Å². The maximum Gasteiger partial charge on any atom is 0.407 e. The van der Waals surface area contributed by atoms with Crippen molar-refractivity contribution >= 4 is 6.09 Å². The van der Waals surface area contributed by atoms with Crippen LogP contribution in [0.2, 0.25) is 0 Å². The average molecular weight is 222 g/mol. The van der Waals surface area contributed by atoms with E-state index in [0.717, 1.165) is 0 Å². The van der Waals surface area contributed by atoms with Gasteiger partial charge >= 0.3 is 6.09 Å². The number of hydrogen-bond donors (Lipinski definition) is 3. The van der Waals surface area contributed by atoms with E-state index in [1.54, 1.807) is 24.3 Å². The summed E-state index contributed by atoms with van der Waals surface area (Å²) in [4.78, 5) is 12.4. The van der Waals surface area contributed by atoms with E-state index >= 15 is 0 Å². The predicted octanol–water partition coefficient (Wildman–Crippen LogP) is 1.02. The van der Waals surface area contributed by atoms with Crippen molar-refractivity contribution in [2.24, 2.45) is 0 Å². The number of aromatic hydroxyl groups is 1. The van der Waals surface area contributed by atoms with Crippen LogP contribution in [0.4, 0.5) is 4.79 Å². The molecule has 1 aliphatic rings. The summed E-state index contributed by atoms with van der Waals surface area (Å²) in [6.45, 7) is 1.62. The van der Waals surface area contributed by atoms with Crippen LogP contribution in [0.25, 0.3) is 0 Å². The molecule has 86 valence electrons. The summed E-state index contributed by atoms with van der Waals surface area (Å²) >= 11 is 0. The van der Waals surface area contributed by atoms with Crippen molar-refractivity contribution in [3.63, 3.8) is 0 Å². The number of carbonyl (C=O) groups is 1. The zero-order chi connectivity index (χ0) is 11.5. The zero-order valence-electron chi connectivity index (χ0n) is 8.76. The minimum atomic E-state index is -0.949. The van der Waals surface area contributed by atoms with E-state index in [4.69, 9.17) is 5.11 Å². The van der Waals surface area contributed by atoms with E-state index in [9.17, 15) is 9.90 Å². The van der Waals surface area contributed by atoms with Crippen molar-refractivity contribution in [3.05, 3.63) is 29.8 Å². The van der Waals surface area contributed by atoms with Crippen molar-refractivity contribution in [1.29, 1.82) is 0 Å². The summed E-state index contributed by atoms with van der Waals surface area (Å²) in [5.74, 6) is 0.141. The van der Waals surface area contributed by atoms with Gasteiger partial charge in [-0.1, -0.05) is 18.2 Å². The van der Waals surface area contributed by atoms with Gasteiger partial charge in [-0.25, -0.2) is 4.79 Å². The Balaban J connectivity index is 2.30. The molecule has 0 bridgehead atoms. The SMILES string of the molecule is O=C(O)N1CCNCC1c1ccccc1O. The standard InChI is InChI=1S/C11H14N2O3/c14-10-4-2-1-3-8(10)9-7-12-5-6-13(9)11(15)16/h1-4,9,12,14H,5-7H2,(H,15,16). The Labute approximate surface area is 93.3 Å². The summed E-state index contributed by atoms with van der Waals surface area (Å²) in [6, 6.07) is 6.53. The van der Waals surface area contributed by atoms with Gasteiger partial charge in [0, 0.05) is 25.2 Å². The lowest BCUT2D eigenvalue weighted by Crippen LogP contribution is -2.48. The molecule has 5 nitrogen and oxygen atoms in total. The van der Waals surface area contributed by atoms with Crippen molar-refractivity contribution < 1.29 is 15.0 Å². The minimum absolute atomic E-state index is 0.141. The van der Waals surface area contributed by atoms with Gasteiger partial charge in [-0.2, -0.15) is 0 Å². The number of benzene rings is 1. The fourth-order valence-corrected chi connectivity index (χ4v) is 1.98. The van der Waals surface area contributed by atoms with E-state index in [0.29, 0.717) is 25.2 Å². The second-order valence-corrected chi connectivity index (χ2v) is 3.75. The first-order valence-electron chi connectivity index (χ1n) is 5.18. The molecule has 0 saturated carbocycles. The fourth-order valence-electron chi connectivity index (χ4n) is 1.98. The Bertz CT molecular complexity index is 395. The third-order valence-electron chi connectivity index (χ3n) is 2.78. The number of para-hydroxylation sites is 1. The second-order valence-electron chi connectivity index (χ2n) is 3.75. The number of piperazine rings is 1. The molecule has 0 aromatic heterocycles. The van der Waals surface area contributed by atoms with Gasteiger partial charge in [0.05, 0.1) is 6.04 Å². The molecule has 1 heterocycles. The van der Waals surface area contributed by atoms with Crippen molar-refractivity contribution in [3.8, 4) is 5.75 Å². The Morgan fingerprint density at radius 2 is 2.19 bits per heavy atom. The summed E-state index contributed by atoms with van der Waals surface area (Å²) in [5.41, 5.74) is 0.650. The van der Waals surface area contributed by atoms with Crippen molar-refractivity contribution in [1.82, 2.24) is 10.2 Å². The molecule has 1 amide bonds. The van der Waals surface area contributed by atoms with E-state index < -0.39 is 6.09 Å². The molecule has 1 unspecified atom stereocenters. The van der Waals surface area contributed by atoms with Gasteiger partial charge in [-0.05, 0) is 6.07 Å². The number of nitrogens with zero attached hydrogens (tertiary/aromatic N) is 1. The lowest BCUT2D eigenvalue weighted by molar-refractivity contribution is 0.111. The molecule has 1 aromatic rings. The number of phenolic OH excluding ortho intramolecular Hbond substituents is 1. The van der Waals surface area contributed by atoms with Gasteiger partial charge in [0.15, 0.2) is 0 Å². The molecule has 1 aliphatic heterocycles.